The van der Waals surface area contributed by atoms with Gasteiger partial charge < -0.3 is 10.8 Å². The number of benzene rings is 2. The number of phenols is 1. The smallest absolute Gasteiger partial charge is 0.119 e. The van der Waals surface area contributed by atoms with Crippen LogP contribution in [0.15, 0.2) is 36.4 Å². The van der Waals surface area contributed by atoms with E-state index in [0.717, 1.165) is 17.4 Å². The van der Waals surface area contributed by atoms with Crippen molar-refractivity contribution in [2.45, 2.75) is 19.3 Å². The van der Waals surface area contributed by atoms with Crippen molar-refractivity contribution in [3.8, 4) is 5.75 Å². The number of nitrogens with two attached hydrogens (primary N) is 1. The molecule has 0 aliphatic heterocycles. The number of phenolic OH excluding ortho intramolecular Hbond substituents is 1. The van der Waals surface area contributed by atoms with Gasteiger partial charge in [0, 0.05) is 5.56 Å². The maximum atomic E-state index is 9.96. The van der Waals surface area contributed by atoms with Crippen molar-refractivity contribution in [3.05, 3.63) is 42.0 Å². The molecule has 1 unspecified atom stereocenters. The molecule has 2 aromatic carbocycles. The van der Waals surface area contributed by atoms with Gasteiger partial charge in [-0.3, -0.25) is 0 Å². The largest absolute Gasteiger partial charge is 0.508 e. The number of aromatic hydroxyl groups is 1. The lowest BCUT2D eigenvalue weighted by Crippen LogP contribution is -2.05. The Morgan fingerprint density at radius 3 is 2.69 bits per heavy atom. The highest BCUT2D eigenvalue weighted by molar-refractivity contribution is 5.88. The minimum Gasteiger partial charge on any atom is -0.508 e. The van der Waals surface area contributed by atoms with E-state index in [9.17, 15) is 5.11 Å². The average molecular weight is 215 g/mol. The summed E-state index contributed by atoms with van der Waals surface area (Å²) in [4.78, 5) is 0. The summed E-state index contributed by atoms with van der Waals surface area (Å²) in [6.45, 7) is 2.75. The second-order valence-electron chi connectivity index (χ2n) is 4.20. The summed E-state index contributed by atoms with van der Waals surface area (Å²) in [5.41, 5.74) is 6.60. The van der Waals surface area contributed by atoms with Crippen LogP contribution >= 0.6 is 0 Å². The Bertz CT molecular complexity index is 493. The quantitative estimate of drug-likeness (QED) is 0.826. The third-order valence-electron chi connectivity index (χ3n) is 3.04. The Kier molecular flexibility index (Phi) is 3.11. The van der Waals surface area contributed by atoms with Crippen molar-refractivity contribution >= 4 is 10.8 Å². The van der Waals surface area contributed by atoms with Crippen molar-refractivity contribution < 1.29 is 5.11 Å². The lowest BCUT2D eigenvalue weighted by Gasteiger charge is -2.15. The first-order valence-corrected chi connectivity index (χ1v) is 5.64. The van der Waals surface area contributed by atoms with Gasteiger partial charge in [0.15, 0.2) is 0 Å². The molecule has 3 N–H and O–H groups in total. The van der Waals surface area contributed by atoms with E-state index in [2.05, 4.69) is 19.1 Å². The third kappa shape index (κ3) is 1.89. The minimum atomic E-state index is 0.288. The van der Waals surface area contributed by atoms with Gasteiger partial charge in [0.2, 0.25) is 0 Å². The monoisotopic (exact) mass is 215 g/mol. The third-order valence-corrected chi connectivity index (χ3v) is 3.04. The number of fused-ring (bicyclic) bond motifs is 1. The van der Waals surface area contributed by atoms with Crippen LogP contribution in [-0.2, 0) is 0 Å². The van der Waals surface area contributed by atoms with Gasteiger partial charge in [0.25, 0.3) is 0 Å². The van der Waals surface area contributed by atoms with Crippen molar-refractivity contribution in [3.63, 3.8) is 0 Å². The molecule has 0 aliphatic rings. The van der Waals surface area contributed by atoms with E-state index < -0.39 is 0 Å². The SMILES string of the molecule is CC(CCN)c1c(O)ccc2ccccc12. The highest BCUT2D eigenvalue weighted by Gasteiger charge is 2.13. The van der Waals surface area contributed by atoms with Crippen LogP contribution in [0.2, 0.25) is 0 Å². The fourth-order valence-corrected chi connectivity index (χ4v) is 2.20. The van der Waals surface area contributed by atoms with Crippen LogP contribution in [0.1, 0.15) is 24.8 Å². The van der Waals surface area contributed by atoms with Crippen LogP contribution in [0.5, 0.6) is 5.75 Å². The zero-order valence-electron chi connectivity index (χ0n) is 9.48. The molecular weight excluding hydrogens is 198 g/mol. The molecule has 0 spiro atoms. The second kappa shape index (κ2) is 4.54. The van der Waals surface area contributed by atoms with Gasteiger partial charge in [0.05, 0.1) is 0 Å². The highest BCUT2D eigenvalue weighted by Crippen LogP contribution is 2.34. The van der Waals surface area contributed by atoms with E-state index in [-0.39, 0.29) is 5.92 Å². The van der Waals surface area contributed by atoms with Gasteiger partial charge in [0.1, 0.15) is 5.75 Å². The Balaban J connectivity index is 2.61. The van der Waals surface area contributed by atoms with Crippen LogP contribution in [0.25, 0.3) is 10.8 Å². The highest BCUT2D eigenvalue weighted by atomic mass is 16.3. The molecule has 16 heavy (non-hydrogen) atoms. The molecule has 0 aromatic heterocycles. The van der Waals surface area contributed by atoms with Crippen molar-refractivity contribution in [1.82, 2.24) is 0 Å². The molecule has 0 saturated heterocycles. The van der Waals surface area contributed by atoms with E-state index in [1.165, 1.54) is 5.39 Å². The summed E-state index contributed by atoms with van der Waals surface area (Å²) in [5.74, 6) is 0.663. The first-order valence-electron chi connectivity index (χ1n) is 5.64. The first-order chi connectivity index (χ1) is 7.74. The second-order valence-corrected chi connectivity index (χ2v) is 4.20. The van der Waals surface area contributed by atoms with E-state index >= 15 is 0 Å². The molecule has 0 radical (unpaired) electrons. The molecule has 2 nitrogen and oxygen atoms in total. The van der Waals surface area contributed by atoms with Gasteiger partial charge >= 0.3 is 0 Å². The number of hydrogen-bond acceptors (Lipinski definition) is 2. The summed E-state index contributed by atoms with van der Waals surface area (Å²) < 4.78 is 0. The predicted octanol–water partition coefficient (Wildman–Crippen LogP) is 3.00. The molecule has 0 fully saturated rings. The normalized spacial score (nSPS) is 12.9. The Morgan fingerprint density at radius 2 is 1.94 bits per heavy atom. The molecule has 2 aromatic rings. The molecule has 2 heteroatoms. The van der Waals surface area contributed by atoms with Gasteiger partial charge in [-0.1, -0.05) is 37.3 Å². The maximum Gasteiger partial charge on any atom is 0.119 e. The molecule has 1 atom stereocenters. The average Bonchev–Trinajstić information content (AvgIpc) is 2.29. The van der Waals surface area contributed by atoms with Crippen LogP contribution in [0, 0.1) is 0 Å². The summed E-state index contributed by atoms with van der Waals surface area (Å²) in [5, 5.41) is 12.3. The van der Waals surface area contributed by atoms with Crippen LogP contribution in [0.4, 0.5) is 0 Å². The van der Waals surface area contributed by atoms with Crippen molar-refractivity contribution in [2.24, 2.45) is 5.73 Å². The lowest BCUT2D eigenvalue weighted by atomic mass is 9.91. The zero-order valence-corrected chi connectivity index (χ0v) is 9.48. The Morgan fingerprint density at radius 1 is 1.19 bits per heavy atom. The van der Waals surface area contributed by atoms with Crippen LogP contribution < -0.4 is 5.73 Å². The summed E-state index contributed by atoms with van der Waals surface area (Å²) >= 11 is 0. The molecule has 0 aliphatic carbocycles. The molecule has 0 saturated carbocycles. The molecule has 2 rings (SSSR count). The molecule has 0 bridgehead atoms. The van der Waals surface area contributed by atoms with Gasteiger partial charge in [-0.05, 0) is 35.7 Å². The fourth-order valence-electron chi connectivity index (χ4n) is 2.20. The van der Waals surface area contributed by atoms with Crippen LogP contribution in [-0.4, -0.2) is 11.7 Å². The Hall–Kier alpha value is -1.54. The topological polar surface area (TPSA) is 46.2 Å². The molecule has 84 valence electrons. The lowest BCUT2D eigenvalue weighted by molar-refractivity contribution is 0.462. The minimum absolute atomic E-state index is 0.288. The molecular formula is C14H17NO. The first kappa shape index (κ1) is 11.0. The van der Waals surface area contributed by atoms with Gasteiger partial charge in [-0.25, -0.2) is 0 Å². The summed E-state index contributed by atoms with van der Waals surface area (Å²) in [7, 11) is 0. The summed E-state index contributed by atoms with van der Waals surface area (Å²) in [6, 6.07) is 11.8. The zero-order chi connectivity index (χ0) is 11.5. The molecule has 0 heterocycles. The van der Waals surface area contributed by atoms with Gasteiger partial charge in [-0.15, -0.1) is 0 Å². The van der Waals surface area contributed by atoms with Gasteiger partial charge in [-0.2, -0.15) is 0 Å². The predicted molar refractivity (Wildman–Crippen MR) is 67.7 cm³/mol. The van der Waals surface area contributed by atoms with Crippen molar-refractivity contribution in [1.29, 1.82) is 0 Å². The summed E-state index contributed by atoms with van der Waals surface area (Å²) in [6.07, 6.45) is 0.890. The van der Waals surface area contributed by atoms with E-state index in [1.54, 1.807) is 6.07 Å². The Labute approximate surface area is 95.7 Å². The number of hydrogen-bond donors (Lipinski definition) is 2. The molecule has 0 amide bonds. The van der Waals surface area contributed by atoms with Crippen LogP contribution in [0.3, 0.4) is 0 Å². The van der Waals surface area contributed by atoms with E-state index in [0.29, 0.717) is 12.3 Å². The van der Waals surface area contributed by atoms with Crippen molar-refractivity contribution in [2.75, 3.05) is 6.54 Å². The maximum absolute atomic E-state index is 9.96. The standard InChI is InChI=1S/C14H17NO/c1-10(8-9-15)14-12-5-3-2-4-11(12)6-7-13(14)16/h2-7,10,16H,8-9,15H2,1H3. The number of rotatable bonds is 3. The fraction of sp³-hybridized carbons (Fsp3) is 0.286. The van der Waals surface area contributed by atoms with E-state index in [1.807, 2.05) is 18.2 Å². The van der Waals surface area contributed by atoms with E-state index in [4.69, 9.17) is 5.73 Å².